The molecular formula is C14H14ClFN4O2S. The maximum Gasteiger partial charge on any atom is 0.345 e. The van der Waals surface area contributed by atoms with Gasteiger partial charge in [-0.15, -0.1) is 0 Å². The SMILES string of the molecule is O=[N+]([O-])c1cnc(N2CC[C@H](NCc3ccc(F)cc3Cl)C2)s1. The van der Waals surface area contributed by atoms with Crippen LogP contribution in [0.4, 0.5) is 14.5 Å². The molecule has 0 amide bonds. The second-order valence-corrected chi connectivity index (χ2v) is 6.68. The molecule has 0 radical (unpaired) electrons. The number of thiazole rings is 1. The molecule has 3 rings (SSSR count). The molecule has 1 atom stereocenters. The highest BCUT2D eigenvalue weighted by molar-refractivity contribution is 7.18. The van der Waals surface area contributed by atoms with Gasteiger partial charge in [0.25, 0.3) is 0 Å². The van der Waals surface area contributed by atoms with Crippen molar-refractivity contribution in [2.45, 2.75) is 19.0 Å². The normalized spacial score (nSPS) is 17.7. The van der Waals surface area contributed by atoms with Gasteiger partial charge in [0.05, 0.1) is 4.92 Å². The van der Waals surface area contributed by atoms with Crippen LogP contribution in [0.25, 0.3) is 0 Å². The molecule has 23 heavy (non-hydrogen) atoms. The molecular weight excluding hydrogens is 343 g/mol. The number of hydrogen-bond acceptors (Lipinski definition) is 6. The predicted molar refractivity (Wildman–Crippen MR) is 87.6 cm³/mol. The zero-order chi connectivity index (χ0) is 16.4. The molecule has 1 aromatic carbocycles. The topological polar surface area (TPSA) is 71.3 Å². The average molecular weight is 357 g/mol. The van der Waals surface area contributed by atoms with Crippen LogP contribution in [0.3, 0.4) is 0 Å². The maximum absolute atomic E-state index is 13.0. The highest BCUT2D eigenvalue weighted by Crippen LogP contribution is 2.30. The first-order valence-electron chi connectivity index (χ1n) is 7.05. The van der Waals surface area contributed by atoms with E-state index in [2.05, 4.69) is 10.3 Å². The molecule has 1 aliphatic rings. The molecule has 0 spiro atoms. The van der Waals surface area contributed by atoms with Crippen molar-refractivity contribution >= 4 is 33.1 Å². The van der Waals surface area contributed by atoms with Gasteiger partial charge in [0.15, 0.2) is 5.13 Å². The van der Waals surface area contributed by atoms with Gasteiger partial charge in [-0.2, -0.15) is 0 Å². The van der Waals surface area contributed by atoms with Gasteiger partial charge in [-0.1, -0.05) is 17.7 Å². The Morgan fingerprint density at radius 3 is 3.09 bits per heavy atom. The number of halogens is 2. The largest absolute Gasteiger partial charge is 0.346 e. The van der Waals surface area contributed by atoms with Crippen LogP contribution in [-0.4, -0.2) is 29.0 Å². The smallest absolute Gasteiger partial charge is 0.345 e. The molecule has 1 aliphatic heterocycles. The molecule has 9 heteroatoms. The molecule has 1 N–H and O–H groups in total. The second kappa shape index (κ2) is 6.77. The fraction of sp³-hybridized carbons (Fsp3) is 0.357. The lowest BCUT2D eigenvalue weighted by atomic mass is 10.2. The number of hydrogen-bond donors (Lipinski definition) is 1. The third kappa shape index (κ3) is 3.77. The molecule has 0 saturated carbocycles. The van der Waals surface area contributed by atoms with Crippen molar-refractivity contribution in [1.82, 2.24) is 10.3 Å². The van der Waals surface area contributed by atoms with E-state index in [0.29, 0.717) is 16.7 Å². The van der Waals surface area contributed by atoms with Crippen molar-refractivity contribution in [3.05, 3.63) is 50.9 Å². The van der Waals surface area contributed by atoms with E-state index in [0.717, 1.165) is 36.4 Å². The van der Waals surface area contributed by atoms with Crippen LogP contribution >= 0.6 is 22.9 Å². The number of anilines is 1. The molecule has 1 aromatic heterocycles. The van der Waals surface area contributed by atoms with E-state index in [9.17, 15) is 14.5 Å². The van der Waals surface area contributed by atoms with Gasteiger partial charge >= 0.3 is 5.00 Å². The Morgan fingerprint density at radius 1 is 1.57 bits per heavy atom. The van der Waals surface area contributed by atoms with Gasteiger partial charge in [0.1, 0.15) is 12.0 Å². The molecule has 0 unspecified atom stereocenters. The monoisotopic (exact) mass is 356 g/mol. The van der Waals surface area contributed by atoms with E-state index < -0.39 is 4.92 Å². The minimum atomic E-state index is -0.427. The van der Waals surface area contributed by atoms with Gasteiger partial charge in [0.2, 0.25) is 0 Å². The summed E-state index contributed by atoms with van der Waals surface area (Å²) in [6, 6.07) is 4.59. The van der Waals surface area contributed by atoms with Crippen molar-refractivity contribution < 1.29 is 9.31 Å². The van der Waals surface area contributed by atoms with E-state index in [-0.39, 0.29) is 16.9 Å². The lowest BCUT2D eigenvalue weighted by Crippen LogP contribution is -2.32. The summed E-state index contributed by atoms with van der Waals surface area (Å²) >= 11 is 7.09. The van der Waals surface area contributed by atoms with Gasteiger partial charge in [-0.25, -0.2) is 9.37 Å². The maximum atomic E-state index is 13.0. The molecule has 122 valence electrons. The standard InChI is InChI=1S/C14H14ClFN4O2S/c15-12-5-10(16)2-1-9(12)6-17-11-3-4-19(8-11)14-18-7-13(23-14)20(21)22/h1-2,5,7,11,17H,3-4,6,8H2/t11-/m0/s1. The number of rotatable bonds is 5. The fourth-order valence-electron chi connectivity index (χ4n) is 2.51. The third-order valence-corrected chi connectivity index (χ3v) is 5.08. The van der Waals surface area contributed by atoms with Gasteiger partial charge in [-0.3, -0.25) is 10.1 Å². The summed E-state index contributed by atoms with van der Waals surface area (Å²) in [7, 11) is 0. The zero-order valence-electron chi connectivity index (χ0n) is 12.0. The van der Waals surface area contributed by atoms with Crippen LogP contribution in [0.5, 0.6) is 0 Å². The molecule has 2 heterocycles. The van der Waals surface area contributed by atoms with Gasteiger partial charge < -0.3 is 10.2 Å². The van der Waals surface area contributed by atoms with E-state index >= 15 is 0 Å². The van der Waals surface area contributed by atoms with Crippen molar-refractivity contribution in [1.29, 1.82) is 0 Å². The van der Waals surface area contributed by atoms with Gasteiger partial charge in [0, 0.05) is 30.7 Å². The molecule has 2 aromatic rings. The Balaban J connectivity index is 1.56. The minimum absolute atomic E-state index is 0.0505. The summed E-state index contributed by atoms with van der Waals surface area (Å²) in [5.41, 5.74) is 0.844. The Kier molecular flexibility index (Phi) is 4.74. The predicted octanol–water partition coefficient (Wildman–Crippen LogP) is 3.21. The highest BCUT2D eigenvalue weighted by atomic mass is 35.5. The Morgan fingerprint density at radius 2 is 2.39 bits per heavy atom. The summed E-state index contributed by atoms with van der Waals surface area (Å²) in [5, 5.41) is 15.2. The van der Waals surface area contributed by atoms with Crippen LogP contribution in [0.2, 0.25) is 5.02 Å². The first kappa shape index (κ1) is 16.1. The number of aromatic nitrogens is 1. The lowest BCUT2D eigenvalue weighted by molar-refractivity contribution is -0.380. The van der Waals surface area contributed by atoms with Crippen LogP contribution < -0.4 is 10.2 Å². The Bertz CT molecular complexity index is 727. The number of nitrogens with zero attached hydrogens (tertiary/aromatic N) is 3. The van der Waals surface area contributed by atoms with Crippen molar-refractivity contribution in [3.63, 3.8) is 0 Å². The molecule has 6 nitrogen and oxygen atoms in total. The van der Waals surface area contributed by atoms with E-state index in [1.165, 1.54) is 18.3 Å². The van der Waals surface area contributed by atoms with Crippen LogP contribution in [-0.2, 0) is 6.54 Å². The van der Waals surface area contributed by atoms with E-state index in [1.807, 2.05) is 4.90 Å². The Hall–Kier alpha value is -1.77. The van der Waals surface area contributed by atoms with Crippen molar-refractivity contribution in [2.75, 3.05) is 18.0 Å². The minimum Gasteiger partial charge on any atom is -0.346 e. The first-order chi connectivity index (χ1) is 11.0. The molecule has 0 aliphatic carbocycles. The summed E-state index contributed by atoms with van der Waals surface area (Å²) < 4.78 is 13.0. The van der Waals surface area contributed by atoms with Crippen molar-refractivity contribution in [2.24, 2.45) is 0 Å². The van der Waals surface area contributed by atoms with E-state index in [1.54, 1.807) is 6.07 Å². The Labute approximate surface area is 141 Å². The average Bonchev–Trinajstić information content (AvgIpc) is 3.15. The summed E-state index contributed by atoms with van der Waals surface area (Å²) in [6.07, 6.45) is 2.20. The lowest BCUT2D eigenvalue weighted by Gasteiger charge is -2.16. The number of nitro groups is 1. The van der Waals surface area contributed by atoms with Crippen LogP contribution in [0.1, 0.15) is 12.0 Å². The fourth-order valence-corrected chi connectivity index (χ4v) is 3.51. The molecule has 1 fully saturated rings. The zero-order valence-corrected chi connectivity index (χ0v) is 13.6. The summed E-state index contributed by atoms with van der Waals surface area (Å²) in [5.74, 6) is -0.351. The summed E-state index contributed by atoms with van der Waals surface area (Å²) in [4.78, 5) is 16.4. The number of nitrogens with one attached hydrogen (secondary N) is 1. The highest BCUT2D eigenvalue weighted by Gasteiger charge is 2.26. The quantitative estimate of drug-likeness (QED) is 0.658. The first-order valence-corrected chi connectivity index (χ1v) is 8.25. The van der Waals surface area contributed by atoms with Crippen LogP contribution in [0.15, 0.2) is 24.4 Å². The third-order valence-electron chi connectivity index (χ3n) is 3.72. The van der Waals surface area contributed by atoms with Crippen molar-refractivity contribution in [3.8, 4) is 0 Å². The summed E-state index contributed by atoms with van der Waals surface area (Å²) in [6.45, 7) is 2.07. The number of benzene rings is 1. The second-order valence-electron chi connectivity index (χ2n) is 5.29. The van der Waals surface area contributed by atoms with Crippen LogP contribution in [0, 0.1) is 15.9 Å². The van der Waals surface area contributed by atoms with E-state index in [4.69, 9.17) is 11.6 Å². The molecule has 0 bridgehead atoms. The van der Waals surface area contributed by atoms with Gasteiger partial charge in [-0.05, 0) is 35.5 Å². The molecule has 1 saturated heterocycles.